The molecule has 0 aromatic carbocycles. The molecule has 3 N–H and O–H groups in total. The van der Waals surface area contributed by atoms with Gasteiger partial charge in [-0.1, -0.05) is 32.4 Å². The summed E-state index contributed by atoms with van der Waals surface area (Å²) in [6.45, 7) is 13.6. The molecule has 186 valence electrons. The smallest absolute Gasteiger partial charge is 0.0888 e. The second kappa shape index (κ2) is 14.5. The van der Waals surface area contributed by atoms with E-state index in [2.05, 4.69) is 62.3 Å². The number of unbranched alkanes of at least 4 members (excludes halogenated alkanes) is 1. The zero-order valence-electron chi connectivity index (χ0n) is 21.8. The van der Waals surface area contributed by atoms with E-state index in [1.165, 1.54) is 41.7 Å². The second-order valence-corrected chi connectivity index (χ2v) is 9.54. The van der Waals surface area contributed by atoms with Crippen LogP contribution in [-0.4, -0.2) is 48.8 Å². The first-order valence-corrected chi connectivity index (χ1v) is 13.0. The Kier molecular flexibility index (Phi) is 12.1. The highest BCUT2D eigenvalue weighted by atomic mass is 16.5. The molecule has 2 heterocycles. The fourth-order valence-electron chi connectivity index (χ4n) is 5.14. The number of ether oxygens (including phenoxy) is 1. The summed E-state index contributed by atoms with van der Waals surface area (Å²) in [7, 11) is 1.88. The first-order chi connectivity index (χ1) is 16.0. The molecule has 1 aromatic rings. The van der Waals surface area contributed by atoms with Crippen LogP contribution in [-0.2, 0) is 11.3 Å². The number of hydrogen-bond donors (Lipinski definition) is 2. The molecule has 0 spiro atoms. The van der Waals surface area contributed by atoms with Gasteiger partial charge in [-0.15, -0.1) is 0 Å². The number of hydrogen-bond acceptors (Lipinski definition) is 5. The van der Waals surface area contributed by atoms with Crippen molar-refractivity contribution in [3.63, 3.8) is 0 Å². The molecule has 0 radical (unpaired) electrons. The fraction of sp³-hybridized carbons (Fsp3) is 0.679. The molecule has 1 unspecified atom stereocenters. The molecular weight excluding hydrogens is 408 g/mol. The number of nitrogens with one attached hydrogen (secondary N) is 1. The van der Waals surface area contributed by atoms with E-state index in [9.17, 15) is 0 Å². The molecule has 2 rings (SSSR count). The lowest BCUT2D eigenvalue weighted by molar-refractivity contribution is 0.00390. The number of pyridine rings is 1. The summed E-state index contributed by atoms with van der Waals surface area (Å²) in [4.78, 5) is 7.40. The lowest BCUT2D eigenvalue weighted by Gasteiger charge is -2.39. The van der Waals surface area contributed by atoms with Crippen LogP contribution in [0.2, 0.25) is 0 Å². The van der Waals surface area contributed by atoms with Gasteiger partial charge in [-0.05, 0) is 100 Å². The van der Waals surface area contributed by atoms with Crippen LogP contribution in [0.3, 0.4) is 0 Å². The van der Waals surface area contributed by atoms with Crippen LogP contribution in [0.25, 0.3) is 0 Å². The number of allylic oxidation sites excluding steroid dienone is 2. The minimum atomic E-state index is -0.213. The van der Waals surface area contributed by atoms with E-state index in [4.69, 9.17) is 15.5 Å². The number of methoxy groups -OCH3 is 1. The zero-order valence-corrected chi connectivity index (χ0v) is 21.8. The first kappa shape index (κ1) is 27.6. The third-order valence-electron chi connectivity index (χ3n) is 7.22. The number of rotatable bonds is 12. The summed E-state index contributed by atoms with van der Waals surface area (Å²) in [5, 5.41) is 3.42. The predicted molar refractivity (Wildman–Crippen MR) is 140 cm³/mol. The molecule has 33 heavy (non-hydrogen) atoms. The molecular formula is C28H48N4O. The second-order valence-electron chi connectivity index (χ2n) is 9.54. The quantitative estimate of drug-likeness (QED) is 0.419. The maximum absolute atomic E-state index is 6.24. The topological polar surface area (TPSA) is 63.4 Å². The first-order valence-electron chi connectivity index (χ1n) is 13.0. The van der Waals surface area contributed by atoms with Crippen molar-refractivity contribution in [2.45, 2.75) is 84.8 Å². The van der Waals surface area contributed by atoms with Gasteiger partial charge >= 0.3 is 0 Å². The van der Waals surface area contributed by atoms with Crippen LogP contribution >= 0.6 is 0 Å². The molecule has 0 saturated heterocycles. The highest BCUT2D eigenvalue weighted by molar-refractivity contribution is 5.27. The van der Waals surface area contributed by atoms with Gasteiger partial charge in [-0.25, -0.2) is 0 Å². The molecule has 1 aromatic heterocycles. The van der Waals surface area contributed by atoms with Crippen LogP contribution in [0.5, 0.6) is 0 Å². The van der Waals surface area contributed by atoms with Gasteiger partial charge in [0.2, 0.25) is 0 Å². The van der Waals surface area contributed by atoms with E-state index in [-0.39, 0.29) is 5.60 Å². The zero-order chi connectivity index (χ0) is 24.1. The Hall–Kier alpha value is -1.69. The summed E-state index contributed by atoms with van der Waals surface area (Å²) in [5.74, 6) is 0.455. The van der Waals surface area contributed by atoms with Crippen molar-refractivity contribution in [2.75, 3.05) is 33.3 Å². The van der Waals surface area contributed by atoms with Gasteiger partial charge < -0.3 is 15.8 Å². The molecule has 0 bridgehead atoms. The van der Waals surface area contributed by atoms with Crippen LogP contribution in [0.15, 0.2) is 36.2 Å². The Morgan fingerprint density at radius 3 is 2.67 bits per heavy atom. The van der Waals surface area contributed by atoms with Gasteiger partial charge in [0, 0.05) is 32.9 Å². The van der Waals surface area contributed by atoms with Gasteiger partial charge in [0.15, 0.2) is 0 Å². The standard InChI is InChI=1S/C28H48N4O/c1-6-28(7-2,33-5)26-14-12-17-30-16-10-8-13-25(26)21-32(18-11-9-15-29)22-27-24(4)19-23(3)20-31-27/h12,14,17,19-20,25,30H,6-11,13,15-16,18,21-22,29H2,1-5H3/b17-12-,26-14+. The lowest BCUT2D eigenvalue weighted by atomic mass is 9.77. The minimum absolute atomic E-state index is 0.213. The van der Waals surface area contributed by atoms with E-state index < -0.39 is 0 Å². The molecule has 0 aliphatic carbocycles. The molecule has 1 aliphatic rings. The van der Waals surface area contributed by atoms with Crippen LogP contribution < -0.4 is 11.1 Å². The normalized spacial score (nSPS) is 20.2. The van der Waals surface area contributed by atoms with Crippen molar-refractivity contribution in [3.05, 3.63) is 53.0 Å². The molecule has 5 nitrogen and oxygen atoms in total. The minimum Gasteiger partial charge on any atom is -0.391 e. The van der Waals surface area contributed by atoms with E-state index in [1.54, 1.807) is 0 Å². The Morgan fingerprint density at radius 2 is 2.00 bits per heavy atom. The SMILES string of the molecule is CCC(CC)(OC)/C1=C/C=C\NCCCCC1CN(CCCCN)Cc1ncc(C)cc1C. The summed E-state index contributed by atoms with van der Waals surface area (Å²) in [6.07, 6.45) is 16.3. The van der Waals surface area contributed by atoms with Gasteiger partial charge in [0.05, 0.1) is 11.3 Å². The molecule has 5 heteroatoms. The van der Waals surface area contributed by atoms with E-state index in [0.29, 0.717) is 5.92 Å². The number of aryl methyl sites for hydroxylation is 2. The van der Waals surface area contributed by atoms with Crippen molar-refractivity contribution >= 4 is 0 Å². The van der Waals surface area contributed by atoms with Gasteiger partial charge in [-0.2, -0.15) is 0 Å². The van der Waals surface area contributed by atoms with E-state index >= 15 is 0 Å². The third kappa shape index (κ3) is 8.24. The number of nitrogens with zero attached hydrogens (tertiary/aromatic N) is 2. The molecule has 1 atom stereocenters. The van der Waals surface area contributed by atoms with E-state index in [0.717, 1.165) is 58.4 Å². The fourth-order valence-corrected chi connectivity index (χ4v) is 5.14. The summed E-state index contributed by atoms with van der Waals surface area (Å²) < 4.78 is 6.24. The van der Waals surface area contributed by atoms with Crippen LogP contribution in [0.4, 0.5) is 0 Å². The van der Waals surface area contributed by atoms with E-state index in [1.807, 2.05) is 13.3 Å². The Labute approximate surface area is 202 Å². The van der Waals surface area contributed by atoms with Crippen molar-refractivity contribution < 1.29 is 4.74 Å². The van der Waals surface area contributed by atoms with Crippen LogP contribution in [0.1, 0.15) is 75.6 Å². The Balaban J connectivity index is 2.37. The van der Waals surface area contributed by atoms with Crippen molar-refractivity contribution in [1.82, 2.24) is 15.2 Å². The number of nitrogens with two attached hydrogens (primary N) is 1. The monoisotopic (exact) mass is 456 g/mol. The summed E-state index contributed by atoms with van der Waals surface area (Å²) in [5.41, 5.74) is 10.7. The summed E-state index contributed by atoms with van der Waals surface area (Å²) in [6, 6.07) is 2.25. The Morgan fingerprint density at radius 1 is 1.21 bits per heavy atom. The van der Waals surface area contributed by atoms with Crippen molar-refractivity contribution in [2.24, 2.45) is 11.7 Å². The van der Waals surface area contributed by atoms with Crippen molar-refractivity contribution in [3.8, 4) is 0 Å². The Bertz CT molecular complexity index is 746. The molecule has 0 amide bonds. The van der Waals surface area contributed by atoms with Gasteiger partial charge in [0.1, 0.15) is 0 Å². The maximum atomic E-state index is 6.24. The third-order valence-corrected chi connectivity index (χ3v) is 7.22. The molecule has 0 fully saturated rings. The summed E-state index contributed by atoms with van der Waals surface area (Å²) >= 11 is 0. The van der Waals surface area contributed by atoms with Gasteiger partial charge in [-0.3, -0.25) is 9.88 Å². The average molecular weight is 457 g/mol. The average Bonchev–Trinajstić information content (AvgIpc) is 2.82. The van der Waals surface area contributed by atoms with Gasteiger partial charge in [0.25, 0.3) is 0 Å². The molecule has 0 saturated carbocycles. The van der Waals surface area contributed by atoms with Crippen molar-refractivity contribution in [1.29, 1.82) is 0 Å². The maximum Gasteiger partial charge on any atom is 0.0888 e. The molecule has 1 aliphatic heterocycles. The number of aromatic nitrogens is 1. The lowest BCUT2D eigenvalue weighted by Crippen LogP contribution is -2.40. The largest absolute Gasteiger partial charge is 0.391 e. The van der Waals surface area contributed by atoms with Crippen LogP contribution in [0, 0.1) is 19.8 Å². The predicted octanol–water partition coefficient (Wildman–Crippen LogP) is 5.27. The highest BCUT2D eigenvalue weighted by Gasteiger charge is 2.35. The highest BCUT2D eigenvalue weighted by Crippen LogP contribution is 2.37.